The van der Waals surface area contributed by atoms with Crippen LogP contribution < -0.4 is 9.80 Å². The molecule has 102 valence electrons. The van der Waals surface area contributed by atoms with Crippen molar-refractivity contribution >= 4 is 17.5 Å². The highest BCUT2D eigenvalue weighted by atomic mass is 16.2. The molecule has 2 amide bonds. The molecule has 1 aromatic rings. The van der Waals surface area contributed by atoms with E-state index in [0.29, 0.717) is 6.42 Å². The fraction of sp³-hybridized carbons (Fsp3) is 0.467. The van der Waals surface area contributed by atoms with Gasteiger partial charge in [-0.05, 0) is 32.4 Å². The van der Waals surface area contributed by atoms with Gasteiger partial charge in [-0.25, -0.2) is 4.90 Å². The fourth-order valence-corrected chi connectivity index (χ4v) is 2.76. The Morgan fingerprint density at radius 1 is 1.21 bits per heavy atom. The van der Waals surface area contributed by atoms with Crippen molar-refractivity contribution in [1.82, 2.24) is 0 Å². The molecule has 0 radical (unpaired) electrons. The monoisotopic (exact) mass is 261 g/mol. The summed E-state index contributed by atoms with van der Waals surface area (Å²) in [5, 5.41) is 0. The number of benzene rings is 1. The first-order valence-corrected chi connectivity index (χ1v) is 6.87. The van der Waals surface area contributed by atoms with Crippen LogP contribution in [0.5, 0.6) is 0 Å². The van der Waals surface area contributed by atoms with E-state index in [-0.39, 0.29) is 17.9 Å². The molecule has 4 heteroatoms. The van der Waals surface area contributed by atoms with Gasteiger partial charge in [0.2, 0.25) is 5.91 Å². The Kier molecular flexibility index (Phi) is 4.00. The van der Waals surface area contributed by atoms with Gasteiger partial charge in [0, 0.05) is 0 Å². The zero-order chi connectivity index (χ0) is 14.0. The number of quaternary nitrogens is 1. The number of carbonyl (C=O) groups excluding carboxylic acids is 2. The first-order chi connectivity index (χ1) is 9.10. The van der Waals surface area contributed by atoms with Gasteiger partial charge in [0.15, 0.2) is 6.04 Å². The van der Waals surface area contributed by atoms with Crippen LogP contribution in [-0.4, -0.2) is 30.9 Å². The molecule has 1 atom stereocenters. The fourth-order valence-electron chi connectivity index (χ4n) is 2.76. The van der Waals surface area contributed by atoms with Crippen molar-refractivity contribution in [3.63, 3.8) is 0 Å². The number of anilines is 1. The second-order valence-electron chi connectivity index (χ2n) is 4.98. The number of hydrogen-bond acceptors (Lipinski definition) is 2. The molecule has 1 aliphatic rings. The van der Waals surface area contributed by atoms with Crippen LogP contribution in [0.25, 0.3) is 0 Å². The normalized spacial score (nSPS) is 19.6. The van der Waals surface area contributed by atoms with Crippen molar-refractivity contribution in [3.8, 4) is 0 Å². The van der Waals surface area contributed by atoms with Gasteiger partial charge in [0.05, 0.1) is 25.2 Å². The van der Waals surface area contributed by atoms with Crippen molar-refractivity contribution in [3.05, 3.63) is 29.8 Å². The molecule has 1 N–H and O–H groups in total. The summed E-state index contributed by atoms with van der Waals surface area (Å²) in [5.74, 6) is -0.137. The van der Waals surface area contributed by atoms with E-state index in [4.69, 9.17) is 0 Å². The maximum Gasteiger partial charge on any atom is 0.292 e. The molecule has 19 heavy (non-hydrogen) atoms. The minimum Gasteiger partial charge on any atom is -0.325 e. The van der Waals surface area contributed by atoms with Gasteiger partial charge >= 0.3 is 0 Å². The van der Waals surface area contributed by atoms with E-state index in [2.05, 4.69) is 0 Å². The highest BCUT2D eigenvalue weighted by molar-refractivity contribution is 6.22. The zero-order valence-corrected chi connectivity index (χ0v) is 11.8. The van der Waals surface area contributed by atoms with E-state index < -0.39 is 0 Å². The number of para-hydroxylation sites is 1. The molecule has 1 aromatic carbocycles. The molecule has 4 nitrogen and oxygen atoms in total. The Morgan fingerprint density at radius 2 is 1.84 bits per heavy atom. The quantitative estimate of drug-likeness (QED) is 0.804. The largest absolute Gasteiger partial charge is 0.325 e. The second kappa shape index (κ2) is 5.53. The summed E-state index contributed by atoms with van der Waals surface area (Å²) in [4.78, 5) is 27.2. The van der Waals surface area contributed by atoms with Crippen molar-refractivity contribution in [2.24, 2.45) is 0 Å². The number of imide groups is 1. The summed E-state index contributed by atoms with van der Waals surface area (Å²) in [6.07, 6.45) is 0.324. The standard InChI is InChI=1S/C15H20N2O2/c1-4-16(5-2)13-10-14(18)17(15(13)19)12-9-7-6-8-11(12)3/h6-9,13H,4-5,10H2,1-3H3/p+1/t13-/m0/s1. The lowest BCUT2D eigenvalue weighted by atomic mass is 10.2. The highest BCUT2D eigenvalue weighted by Gasteiger charge is 2.45. The van der Waals surface area contributed by atoms with E-state index in [0.717, 1.165) is 24.3 Å². The van der Waals surface area contributed by atoms with E-state index in [1.54, 1.807) is 0 Å². The van der Waals surface area contributed by atoms with Crippen LogP contribution in [-0.2, 0) is 9.59 Å². The number of nitrogens with zero attached hydrogens (tertiary/aromatic N) is 1. The van der Waals surface area contributed by atoms with Crippen LogP contribution in [0.15, 0.2) is 24.3 Å². The molecule has 0 unspecified atom stereocenters. The summed E-state index contributed by atoms with van der Waals surface area (Å²) >= 11 is 0. The lowest BCUT2D eigenvalue weighted by molar-refractivity contribution is -0.911. The molecule has 0 spiro atoms. The third-order valence-corrected chi connectivity index (χ3v) is 3.90. The Bertz CT molecular complexity index is 495. The molecular weight excluding hydrogens is 240 g/mol. The second-order valence-corrected chi connectivity index (χ2v) is 4.98. The minimum atomic E-state index is -0.220. The van der Waals surface area contributed by atoms with Crippen LogP contribution in [0, 0.1) is 6.92 Å². The Labute approximate surface area is 114 Å². The van der Waals surface area contributed by atoms with Crippen molar-refractivity contribution in [2.75, 3.05) is 18.0 Å². The SMILES string of the molecule is CC[NH+](CC)[C@H]1CC(=O)N(c2ccccc2C)C1=O. The predicted molar refractivity (Wildman–Crippen MR) is 74.1 cm³/mol. The average Bonchev–Trinajstić information content (AvgIpc) is 2.68. The predicted octanol–water partition coefficient (Wildman–Crippen LogP) is 0.552. The Balaban J connectivity index is 2.32. The first kappa shape index (κ1) is 13.7. The molecule has 1 saturated heterocycles. The van der Waals surface area contributed by atoms with Crippen LogP contribution in [0.3, 0.4) is 0 Å². The number of nitrogens with one attached hydrogen (secondary N) is 1. The molecule has 0 bridgehead atoms. The van der Waals surface area contributed by atoms with E-state index in [1.165, 1.54) is 9.80 Å². The van der Waals surface area contributed by atoms with Crippen LogP contribution in [0.4, 0.5) is 5.69 Å². The van der Waals surface area contributed by atoms with E-state index >= 15 is 0 Å². The highest BCUT2D eigenvalue weighted by Crippen LogP contribution is 2.25. The average molecular weight is 261 g/mol. The Morgan fingerprint density at radius 3 is 2.42 bits per heavy atom. The maximum absolute atomic E-state index is 12.5. The van der Waals surface area contributed by atoms with Crippen molar-refractivity contribution in [1.29, 1.82) is 0 Å². The number of likely N-dealkylation sites (N-methyl/N-ethyl adjacent to an activating group) is 1. The number of hydrogen-bond donors (Lipinski definition) is 1. The third kappa shape index (κ3) is 2.40. The molecule has 0 aliphatic carbocycles. The summed E-state index contributed by atoms with van der Waals surface area (Å²) in [6.45, 7) is 7.75. The molecule has 1 aliphatic heterocycles. The summed E-state index contributed by atoms with van der Waals surface area (Å²) in [6, 6.07) is 7.32. The minimum absolute atomic E-state index is 0.0574. The van der Waals surface area contributed by atoms with Crippen molar-refractivity contribution < 1.29 is 14.5 Å². The van der Waals surface area contributed by atoms with Gasteiger partial charge in [-0.1, -0.05) is 18.2 Å². The van der Waals surface area contributed by atoms with Gasteiger partial charge in [-0.3, -0.25) is 9.59 Å². The van der Waals surface area contributed by atoms with Crippen molar-refractivity contribution in [2.45, 2.75) is 33.2 Å². The molecule has 0 aromatic heterocycles. The number of aryl methyl sites for hydroxylation is 1. The lowest BCUT2D eigenvalue weighted by Crippen LogP contribution is -3.16. The van der Waals surface area contributed by atoms with Gasteiger partial charge < -0.3 is 4.90 Å². The van der Waals surface area contributed by atoms with E-state index in [1.807, 2.05) is 45.0 Å². The lowest BCUT2D eigenvalue weighted by Gasteiger charge is -2.22. The van der Waals surface area contributed by atoms with Crippen LogP contribution in [0.2, 0.25) is 0 Å². The Hall–Kier alpha value is -1.68. The number of rotatable bonds is 4. The smallest absolute Gasteiger partial charge is 0.292 e. The van der Waals surface area contributed by atoms with Gasteiger partial charge in [-0.15, -0.1) is 0 Å². The zero-order valence-electron chi connectivity index (χ0n) is 11.8. The molecule has 0 saturated carbocycles. The number of amides is 2. The molecule has 2 rings (SSSR count). The molecule has 1 fully saturated rings. The van der Waals surface area contributed by atoms with Gasteiger partial charge in [0.25, 0.3) is 5.91 Å². The first-order valence-electron chi connectivity index (χ1n) is 6.87. The number of carbonyl (C=O) groups is 2. The van der Waals surface area contributed by atoms with Gasteiger partial charge in [0.1, 0.15) is 0 Å². The van der Waals surface area contributed by atoms with Crippen LogP contribution >= 0.6 is 0 Å². The summed E-state index contributed by atoms with van der Waals surface area (Å²) in [7, 11) is 0. The topological polar surface area (TPSA) is 41.8 Å². The third-order valence-electron chi connectivity index (χ3n) is 3.90. The summed E-state index contributed by atoms with van der Waals surface area (Å²) < 4.78 is 0. The van der Waals surface area contributed by atoms with Crippen LogP contribution in [0.1, 0.15) is 25.8 Å². The van der Waals surface area contributed by atoms with E-state index in [9.17, 15) is 9.59 Å². The molecular formula is C15H21N2O2+. The molecule has 1 heterocycles. The maximum atomic E-state index is 12.5. The van der Waals surface area contributed by atoms with Gasteiger partial charge in [-0.2, -0.15) is 0 Å². The summed E-state index contributed by atoms with van der Waals surface area (Å²) in [5.41, 5.74) is 1.69.